The molecule has 0 N–H and O–H groups in total. The van der Waals surface area contributed by atoms with Gasteiger partial charge in [-0.1, -0.05) is 75.7 Å². The van der Waals surface area contributed by atoms with E-state index < -0.39 is 0 Å². The van der Waals surface area contributed by atoms with Crippen LogP contribution in [0.2, 0.25) is 30.1 Å². The van der Waals surface area contributed by atoms with Crippen LogP contribution in [0, 0.1) is 11.3 Å². The monoisotopic (exact) mass is 474 g/mol. The number of benzene rings is 2. The van der Waals surface area contributed by atoms with Crippen molar-refractivity contribution in [1.29, 1.82) is 5.26 Å². The molecule has 3 aromatic rings. The molecule has 2 aromatic carbocycles. The predicted molar refractivity (Wildman–Crippen MR) is 114 cm³/mol. The molecule has 0 saturated heterocycles. The summed E-state index contributed by atoms with van der Waals surface area (Å²) in [6, 6.07) is 10.7. The summed E-state index contributed by atoms with van der Waals surface area (Å²) < 4.78 is 0. The minimum absolute atomic E-state index is 0.117. The van der Waals surface area contributed by atoms with Crippen molar-refractivity contribution < 1.29 is 0 Å². The summed E-state index contributed by atoms with van der Waals surface area (Å²) in [5, 5.41) is 11.0. The second-order valence-electron chi connectivity index (χ2n) is 5.51. The van der Waals surface area contributed by atoms with E-state index in [4.69, 9.17) is 69.6 Å². The number of rotatable bonds is 3. The van der Waals surface area contributed by atoms with Crippen LogP contribution >= 0.6 is 69.6 Å². The van der Waals surface area contributed by atoms with E-state index in [0.29, 0.717) is 43.0 Å². The fourth-order valence-electron chi connectivity index (χ4n) is 2.58. The van der Waals surface area contributed by atoms with E-state index >= 15 is 0 Å². The van der Waals surface area contributed by atoms with E-state index in [1.165, 1.54) is 0 Å². The number of aromatic nitrogens is 1. The van der Waals surface area contributed by atoms with Crippen molar-refractivity contribution in [3.8, 4) is 28.5 Å². The number of hydrogen-bond acceptors (Lipinski definition) is 2. The van der Waals surface area contributed by atoms with Crippen LogP contribution in [0.1, 0.15) is 5.56 Å². The van der Waals surface area contributed by atoms with E-state index in [1.54, 1.807) is 30.5 Å². The summed E-state index contributed by atoms with van der Waals surface area (Å²) in [6.45, 7) is 0. The molecule has 0 atom stereocenters. The molecule has 1 heterocycles. The Morgan fingerprint density at radius 2 is 1.33 bits per heavy atom. The molecular formula is C19H8Cl6N2. The molecule has 0 saturated carbocycles. The van der Waals surface area contributed by atoms with Gasteiger partial charge in [-0.05, 0) is 29.8 Å². The summed E-state index contributed by atoms with van der Waals surface area (Å²) in [5.41, 5.74) is 3.15. The highest BCUT2D eigenvalue weighted by molar-refractivity contribution is 6.49. The minimum Gasteiger partial charge on any atom is -0.255 e. The lowest BCUT2D eigenvalue weighted by Gasteiger charge is -2.13. The zero-order valence-corrected chi connectivity index (χ0v) is 17.9. The van der Waals surface area contributed by atoms with Crippen LogP contribution in [-0.2, 0) is 6.42 Å². The van der Waals surface area contributed by atoms with Gasteiger partial charge in [0.15, 0.2) is 0 Å². The lowest BCUT2D eigenvalue weighted by Crippen LogP contribution is -1.96. The third-order valence-electron chi connectivity index (χ3n) is 3.87. The average molecular weight is 477 g/mol. The summed E-state index contributed by atoms with van der Waals surface area (Å²) in [4.78, 5) is 4.50. The predicted octanol–water partition coefficient (Wildman–Crippen LogP) is 8.40. The van der Waals surface area contributed by atoms with Crippen LogP contribution in [0.5, 0.6) is 0 Å². The first-order valence-corrected chi connectivity index (χ1v) is 9.75. The van der Waals surface area contributed by atoms with Crippen LogP contribution in [0.3, 0.4) is 0 Å². The molecule has 0 aliphatic heterocycles. The molecule has 0 spiro atoms. The van der Waals surface area contributed by atoms with Gasteiger partial charge >= 0.3 is 0 Å². The zero-order chi connectivity index (χ0) is 19.7. The Labute approximate surface area is 186 Å². The van der Waals surface area contributed by atoms with Gasteiger partial charge in [0.25, 0.3) is 0 Å². The van der Waals surface area contributed by atoms with Gasteiger partial charge in [-0.15, -0.1) is 0 Å². The van der Waals surface area contributed by atoms with Gasteiger partial charge in [0.2, 0.25) is 0 Å². The molecule has 27 heavy (non-hydrogen) atoms. The fourth-order valence-corrected chi connectivity index (χ4v) is 3.85. The van der Waals surface area contributed by atoms with Crippen LogP contribution in [0.25, 0.3) is 22.4 Å². The maximum absolute atomic E-state index is 9.23. The quantitative estimate of drug-likeness (QED) is 0.356. The Morgan fingerprint density at radius 1 is 0.778 bits per heavy atom. The number of pyridine rings is 1. The SMILES string of the molecule is N#CCc1cc(-c2ccc(Cl)c(Cl)c2Cl)cnc1-c1ccc(Cl)c(Cl)c1Cl. The number of hydrogen-bond donors (Lipinski definition) is 0. The van der Waals surface area contributed by atoms with E-state index in [0.717, 1.165) is 0 Å². The van der Waals surface area contributed by atoms with Gasteiger partial charge in [0, 0.05) is 22.9 Å². The number of halogens is 6. The molecule has 0 aliphatic rings. The summed E-state index contributed by atoms with van der Waals surface area (Å²) >= 11 is 36.9. The lowest BCUT2D eigenvalue weighted by molar-refractivity contribution is 1.20. The maximum Gasteiger partial charge on any atom is 0.0785 e. The van der Waals surface area contributed by atoms with Gasteiger partial charge in [0.05, 0.1) is 48.3 Å². The molecule has 3 rings (SSSR count). The largest absolute Gasteiger partial charge is 0.255 e. The van der Waals surface area contributed by atoms with Crippen molar-refractivity contribution in [1.82, 2.24) is 4.98 Å². The first-order chi connectivity index (χ1) is 12.8. The van der Waals surface area contributed by atoms with Crippen molar-refractivity contribution in [2.24, 2.45) is 0 Å². The van der Waals surface area contributed by atoms with Crippen LogP contribution < -0.4 is 0 Å². The van der Waals surface area contributed by atoms with Crippen molar-refractivity contribution in [3.05, 3.63) is 72.2 Å². The molecular weight excluding hydrogens is 469 g/mol. The first kappa shape index (κ1) is 20.6. The standard InChI is InChI=1S/C19H8Cl6N2/c20-13-3-1-11(15(22)17(13)24)10-7-9(5-6-26)19(27-8-10)12-2-4-14(21)18(25)16(12)23/h1-4,7-8H,5H2. The van der Waals surface area contributed by atoms with E-state index in [1.807, 2.05) is 6.07 Å². The van der Waals surface area contributed by atoms with Gasteiger partial charge < -0.3 is 0 Å². The van der Waals surface area contributed by atoms with Gasteiger partial charge in [0.1, 0.15) is 0 Å². The van der Waals surface area contributed by atoms with Gasteiger partial charge in [-0.2, -0.15) is 5.26 Å². The first-order valence-electron chi connectivity index (χ1n) is 7.48. The highest BCUT2D eigenvalue weighted by Gasteiger charge is 2.17. The molecule has 136 valence electrons. The average Bonchev–Trinajstić information content (AvgIpc) is 2.65. The Kier molecular flexibility index (Phi) is 6.43. The van der Waals surface area contributed by atoms with Crippen molar-refractivity contribution >= 4 is 69.6 Å². The second kappa shape index (κ2) is 8.45. The molecule has 0 bridgehead atoms. The topological polar surface area (TPSA) is 36.7 Å². The highest BCUT2D eigenvalue weighted by Crippen LogP contribution is 2.41. The normalized spacial score (nSPS) is 10.7. The third kappa shape index (κ3) is 4.00. The van der Waals surface area contributed by atoms with E-state index in [2.05, 4.69) is 11.1 Å². The zero-order valence-electron chi connectivity index (χ0n) is 13.3. The molecule has 0 amide bonds. The lowest BCUT2D eigenvalue weighted by atomic mass is 9.99. The highest BCUT2D eigenvalue weighted by atomic mass is 35.5. The third-order valence-corrected chi connectivity index (χ3v) is 6.46. The molecule has 0 aliphatic carbocycles. The molecule has 2 nitrogen and oxygen atoms in total. The Balaban J connectivity index is 2.19. The van der Waals surface area contributed by atoms with Crippen LogP contribution in [0.15, 0.2) is 36.5 Å². The molecule has 0 radical (unpaired) electrons. The summed E-state index contributed by atoms with van der Waals surface area (Å²) in [7, 11) is 0. The molecule has 0 fully saturated rings. The van der Waals surface area contributed by atoms with Crippen molar-refractivity contribution in [3.63, 3.8) is 0 Å². The summed E-state index contributed by atoms with van der Waals surface area (Å²) in [6.07, 6.45) is 1.74. The van der Waals surface area contributed by atoms with E-state index in [9.17, 15) is 5.26 Å². The summed E-state index contributed by atoms with van der Waals surface area (Å²) in [5.74, 6) is 0. The molecule has 1 aromatic heterocycles. The van der Waals surface area contributed by atoms with E-state index in [-0.39, 0.29) is 21.5 Å². The van der Waals surface area contributed by atoms with Crippen molar-refractivity contribution in [2.75, 3.05) is 0 Å². The van der Waals surface area contributed by atoms with Gasteiger partial charge in [-0.3, -0.25) is 4.98 Å². The number of nitrogens with zero attached hydrogens (tertiary/aromatic N) is 2. The second-order valence-corrected chi connectivity index (χ2v) is 7.84. The van der Waals surface area contributed by atoms with Gasteiger partial charge in [-0.25, -0.2) is 0 Å². The number of nitriles is 1. The van der Waals surface area contributed by atoms with Crippen LogP contribution in [-0.4, -0.2) is 4.98 Å². The fraction of sp³-hybridized carbons (Fsp3) is 0.0526. The van der Waals surface area contributed by atoms with Crippen LogP contribution in [0.4, 0.5) is 0 Å². The Hall–Kier alpha value is -1.18. The maximum atomic E-state index is 9.23. The minimum atomic E-state index is 0.117. The van der Waals surface area contributed by atoms with Crippen molar-refractivity contribution in [2.45, 2.75) is 6.42 Å². The Bertz CT molecular complexity index is 1090. The molecule has 0 unspecified atom stereocenters. The smallest absolute Gasteiger partial charge is 0.0785 e. The Morgan fingerprint density at radius 3 is 1.93 bits per heavy atom. The molecule has 8 heteroatoms.